The second-order valence-corrected chi connectivity index (χ2v) is 6.72. The van der Waals surface area contributed by atoms with Gasteiger partial charge in [-0.3, -0.25) is 9.69 Å². The Labute approximate surface area is 151 Å². The zero-order valence-corrected chi connectivity index (χ0v) is 14.8. The number of benzene rings is 1. The average Bonchev–Trinajstić information content (AvgIpc) is 3.15. The molecule has 4 rings (SSSR count). The molecular weight excluding hydrogens is 328 g/mol. The Hall–Kier alpha value is -2.70. The minimum atomic E-state index is -0.0422. The quantitative estimate of drug-likeness (QED) is 0.739. The number of nitrogens with zero attached hydrogens (tertiary/aromatic N) is 2. The van der Waals surface area contributed by atoms with E-state index in [0.29, 0.717) is 12.4 Å². The van der Waals surface area contributed by atoms with E-state index in [0.717, 1.165) is 48.6 Å². The Kier molecular flexibility index (Phi) is 4.69. The van der Waals surface area contributed by atoms with Crippen LogP contribution in [0.4, 0.5) is 0 Å². The maximum absolute atomic E-state index is 12.3. The number of H-pyrrole nitrogens is 1. The van der Waals surface area contributed by atoms with Crippen molar-refractivity contribution >= 4 is 0 Å². The number of hydrogen-bond acceptors (Lipinski definition) is 5. The highest BCUT2D eigenvalue weighted by atomic mass is 16.3. The van der Waals surface area contributed by atoms with E-state index in [-0.39, 0.29) is 5.56 Å². The molecule has 1 aromatic carbocycles. The molecule has 3 heterocycles. The smallest absolute Gasteiger partial charge is 0.255 e. The number of nitrogens with one attached hydrogen (secondary N) is 2. The highest BCUT2D eigenvalue weighted by Gasteiger charge is 2.15. The van der Waals surface area contributed by atoms with Crippen molar-refractivity contribution in [3.63, 3.8) is 0 Å². The molecule has 1 aliphatic heterocycles. The van der Waals surface area contributed by atoms with Crippen molar-refractivity contribution in [3.05, 3.63) is 75.6 Å². The molecule has 6 nitrogen and oxygen atoms in total. The van der Waals surface area contributed by atoms with Crippen LogP contribution >= 0.6 is 0 Å². The monoisotopic (exact) mass is 350 g/mol. The number of rotatable bonds is 5. The Balaban J connectivity index is 1.49. The van der Waals surface area contributed by atoms with Gasteiger partial charge in [0.1, 0.15) is 11.6 Å². The molecule has 6 heteroatoms. The minimum absolute atomic E-state index is 0.0422. The molecule has 0 unspecified atom stereocenters. The summed E-state index contributed by atoms with van der Waals surface area (Å²) in [7, 11) is 2.06. The SMILES string of the molecule is CN(Cc1ccc(-c2nc3c(c(=O)[nH]2)CNCC3)cc1)Cc1ccco1. The molecule has 0 fully saturated rings. The maximum Gasteiger partial charge on any atom is 0.255 e. The van der Waals surface area contributed by atoms with E-state index in [1.54, 1.807) is 6.26 Å². The van der Waals surface area contributed by atoms with Crippen molar-refractivity contribution in [2.45, 2.75) is 26.1 Å². The maximum atomic E-state index is 12.3. The highest BCUT2D eigenvalue weighted by molar-refractivity contribution is 5.55. The lowest BCUT2D eigenvalue weighted by Gasteiger charge is -2.17. The van der Waals surface area contributed by atoms with Gasteiger partial charge in [0.15, 0.2) is 0 Å². The fourth-order valence-corrected chi connectivity index (χ4v) is 3.29. The molecule has 2 N–H and O–H groups in total. The molecule has 0 radical (unpaired) electrons. The molecule has 0 bridgehead atoms. The van der Waals surface area contributed by atoms with E-state index >= 15 is 0 Å². The van der Waals surface area contributed by atoms with Gasteiger partial charge in [-0.1, -0.05) is 24.3 Å². The molecular formula is C20H22N4O2. The molecule has 2 aromatic heterocycles. The fourth-order valence-electron chi connectivity index (χ4n) is 3.29. The molecule has 0 atom stereocenters. The highest BCUT2D eigenvalue weighted by Crippen LogP contribution is 2.18. The minimum Gasteiger partial charge on any atom is -0.468 e. The summed E-state index contributed by atoms with van der Waals surface area (Å²) >= 11 is 0. The van der Waals surface area contributed by atoms with E-state index < -0.39 is 0 Å². The van der Waals surface area contributed by atoms with Gasteiger partial charge in [-0.2, -0.15) is 0 Å². The van der Waals surface area contributed by atoms with Crippen molar-refractivity contribution < 1.29 is 4.42 Å². The second kappa shape index (κ2) is 7.27. The summed E-state index contributed by atoms with van der Waals surface area (Å²) in [5, 5.41) is 3.21. The molecule has 0 saturated heterocycles. The zero-order valence-electron chi connectivity index (χ0n) is 14.8. The summed E-state index contributed by atoms with van der Waals surface area (Å²) in [6.07, 6.45) is 2.49. The number of furan rings is 1. The number of aromatic amines is 1. The van der Waals surface area contributed by atoms with Crippen molar-refractivity contribution in [3.8, 4) is 11.4 Å². The normalized spacial score (nSPS) is 13.8. The summed E-state index contributed by atoms with van der Waals surface area (Å²) in [4.78, 5) is 22.0. The predicted molar refractivity (Wildman–Crippen MR) is 99.6 cm³/mol. The largest absolute Gasteiger partial charge is 0.468 e. The Morgan fingerprint density at radius 1 is 1.19 bits per heavy atom. The van der Waals surface area contributed by atoms with Crippen molar-refractivity contribution in [2.24, 2.45) is 0 Å². The molecule has 0 aliphatic carbocycles. The standard InChI is InChI=1S/C20H22N4O2/c1-24(13-16-3-2-10-26-16)12-14-4-6-15(7-5-14)19-22-18-8-9-21-11-17(18)20(25)23-19/h2-7,10,21H,8-9,11-13H2,1H3,(H,22,23,25). The van der Waals surface area contributed by atoms with Crippen LogP contribution in [0.1, 0.15) is 22.6 Å². The van der Waals surface area contributed by atoms with Crippen LogP contribution in [0.25, 0.3) is 11.4 Å². The summed E-state index contributed by atoms with van der Waals surface area (Å²) < 4.78 is 5.39. The van der Waals surface area contributed by atoms with Gasteiger partial charge >= 0.3 is 0 Å². The molecule has 1 aliphatic rings. The topological polar surface area (TPSA) is 74.2 Å². The Morgan fingerprint density at radius 3 is 2.81 bits per heavy atom. The van der Waals surface area contributed by atoms with Gasteiger partial charge < -0.3 is 14.7 Å². The molecule has 134 valence electrons. The summed E-state index contributed by atoms with van der Waals surface area (Å²) in [6.45, 7) is 3.05. The lowest BCUT2D eigenvalue weighted by Crippen LogP contribution is -2.31. The van der Waals surface area contributed by atoms with Crippen LogP contribution in [0.3, 0.4) is 0 Å². The van der Waals surface area contributed by atoms with Crippen LogP contribution in [0.5, 0.6) is 0 Å². The second-order valence-electron chi connectivity index (χ2n) is 6.72. The molecule has 26 heavy (non-hydrogen) atoms. The van der Waals surface area contributed by atoms with E-state index in [1.807, 2.05) is 24.3 Å². The van der Waals surface area contributed by atoms with Crippen LogP contribution in [0.15, 0.2) is 51.9 Å². The number of hydrogen-bond donors (Lipinski definition) is 2. The Bertz CT molecular complexity index is 929. The van der Waals surface area contributed by atoms with Crippen molar-refractivity contribution in [1.29, 1.82) is 0 Å². The van der Waals surface area contributed by atoms with Gasteiger partial charge in [-0.15, -0.1) is 0 Å². The van der Waals surface area contributed by atoms with Crippen molar-refractivity contribution in [2.75, 3.05) is 13.6 Å². The van der Waals surface area contributed by atoms with E-state index in [1.165, 1.54) is 5.56 Å². The first-order valence-electron chi connectivity index (χ1n) is 8.82. The van der Waals surface area contributed by atoms with Gasteiger partial charge in [-0.25, -0.2) is 4.98 Å². The molecule has 0 saturated carbocycles. The van der Waals surface area contributed by atoms with Gasteiger partial charge in [0, 0.05) is 31.6 Å². The zero-order chi connectivity index (χ0) is 17.9. The first-order chi connectivity index (χ1) is 12.7. The van der Waals surface area contributed by atoms with Crippen molar-refractivity contribution in [1.82, 2.24) is 20.2 Å². The molecule has 0 spiro atoms. The lowest BCUT2D eigenvalue weighted by atomic mass is 10.1. The summed E-state index contributed by atoms with van der Waals surface area (Å²) in [6, 6.07) is 12.1. The third kappa shape index (κ3) is 3.61. The Morgan fingerprint density at radius 2 is 2.04 bits per heavy atom. The van der Waals surface area contributed by atoms with Gasteiger partial charge in [-0.05, 0) is 24.7 Å². The molecule has 3 aromatic rings. The van der Waals surface area contributed by atoms with Gasteiger partial charge in [0.2, 0.25) is 0 Å². The van der Waals surface area contributed by atoms with Gasteiger partial charge in [0.05, 0.1) is 24.1 Å². The number of fused-ring (bicyclic) bond motifs is 1. The van der Waals surface area contributed by atoms with E-state index in [4.69, 9.17) is 4.42 Å². The molecule has 0 amide bonds. The van der Waals surface area contributed by atoms with Crippen LogP contribution in [-0.4, -0.2) is 28.5 Å². The third-order valence-electron chi connectivity index (χ3n) is 4.63. The summed E-state index contributed by atoms with van der Waals surface area (Å²) in [5.74, 6) is 1.60. The lowest BCUT2D eigenvalue weighted by molar-refractivity contribution is 0.288. The average molecular weight is 350 g/mol. The van der Waals surface area contributed by atoms with E-state index in [9.17, 15) is 4.79 Å². The first-order valence-corrected chi connectivity index (χ1v) is 8.82. The van der Waals surface area contributed by atoms with Crippen LogP contribution in [0, 0.1) is 0 Å². The summed E-state index contributed by atoms with van der Waals surface area (Å²) in [5.41, 5.74) is 3.76. The van der Waals surface area contributed by atoms with E-state index in [2.05, 4.69) is 39.4 Å². The third-order valence-corrected chi connectivity index (χ3v) is 4.63. The van der Waals surface area contributed by atoms with Gasteiger partial charge in [0.25, 0.3) is 5.56 Å². The predicted octanol–water partition coefficient (Wildman–Crippen LogP) is 2.31. The first kappa shape index (κ1) is 16.8. The van der Waals surface area contributed by atoms with Crippen LogP contribution < -0.4 is 10.9 Å². The number of aromatic nitrogens is 2. The van der Waals surface area contributed by atoms with Crippen LogP contribution in [0.2, 0.25) is 0 Å². The fraction of sp³-hybridized carbons (Fsp3) is 0.300. The van der Waals surface area contributed by atoms with Crippen LogP contribution in [-0.2, 0) is 26.1 Å².